The Balaban J connectivity index is 1.90. The van der Waals surface area contributed by atoms with Crippen molar-refractivity contribution in [2.45, 2.75) is 39.5 Å². The number of ether oxygens (including phenoxy) is 3. The maximum absolute atomic E-state index is 13.4. The highest BCUT2D eigenvalue weighted by Gasteiger charge is 2.47. The lowest BCUT2D eigenvalue weighted by molar-refractivity contribution is -0.140. The molecule has 0 aliphatic carbocycles. The number of benzene rings is 2. The lowest BCUT2D eigenvalue weighted by Crippen LogP contribution is -2.29. The van der Waals surface area contributed by atoms with Crippen LogP contribution in [0.4, 0.5) is 0 Å². The second-order valence-electron chi connectivity index (χ2n) is 8.74. The summed E-state index contributed by atoms with van der Waals surface area (Å²) in [5.74, 6) is -0.147. The summed E-state index contributed by atoms with van der Waals surface area (Å²) in [4.78, 5) is 29.1. The number of hydrogen-bond donors (Lipinski definition) is 1. The van der Waals surface area contributed by atoms with E-state index in [2.05, 4.69) is 0 Å². The standard InChI is InChI=1S/C28H29NO6S/c1-16(2)35-21-12-11-18(14-17(21)3)25(30)23-24(20-9-6-10-22(33-4)27(20)34-5)29(28(32)26(23)31)15-19-8-7-13-36-19/h6-14,16,24,30H,15H2,1-5H3/b25-23+. The SMILES string of the molecule is COc1cccc(C2/C(=C(\O)c3ccc(OC(C)C)c(C)c3)C(=O)C(=O)N2Cc2cccs2)c1OC. The van der Waals surface area contributed by atoms with Crippen molar-refractivity contribution in [1.82, 2.24) is 4.90 Å². The summed E-state index contributed by atoms with van der Waals surface area (Å²) in [6.45, 7) is 5.95. The van der Waals surface area contributed by atoms with Crippen LogP contribution >= 0.6 is 11.3 Å². The largest absolute Gasteiger partial charge is 0.507 e. The van der Waals surface area contributed by atoms with Crippen LogP contribution in [0.3, 0.4) is 0 Å². The van der Waals surface area contributed by atoms with E-state index in [9.17, 15) is 14.7 Å². The molecule has 1 aromatic heterocycles. The second kappa shape index (κ2) is 10.5. The van der Waals surface area contributed by atoms with Gasteiger partial charge in [-0.1, -0.05) is 18.2 Å². The van der Waals surface area contributed by atoms with Crippen molar-refractivity contribution < 1.29 is 28.9 Å². The van der Waals surface area contributed by atoms with Crippen molar-refractivity contribution >= 4 is 28.8 Å². The fourth-order valence-electron chi connectivity index (χ4n) is 4.40. The molecule has 1 unspecified atom stereocenters. The number of Topliss-reactive ketones (excluding diaryl/α,β-unsaturated/α-hetero) is 1. The average molecular weight is 508 g/mol. The summed E-state index contributed by atoms with van der Waals surface area (Å²) in [6, 6.07) is 13.4. The number of para-hydroxylation sites is 1. The lowest BCUT2D eigenvalue weighted by Gasteiger charge is -2.27. The molecule has 3 aromatic rings. The van der Waals surface area contributed by atoms with E-state index in [-0.39, 0.29) is 24.0 Å². The molecule has 1 atom stereocenters. The van der Waals surface area contributed by atoms with Crippen molar-refractivity contribution in [2.75, 3.05) is 14.2 Å². The molecule has 7 nitrogen and oxygen atoms in total. The first kappa shape index (κ1) is 25.3. The van der Waals surface area contributed by atoms with Crippen LogP contribution in [0, 0.1) is 6.92 Å². The van der Waals surface area contributed by atoms with Gasteiger partial charge in [0, 0.05) is 16.0 Å². The number of carbonyl (C=O) groups is 2. The lowest BCUT2D eigenvalue weighted by atomic mass is 9.94. The Bertz CT molecular complexity index is 1310. The van der Waals surface area contributed by atoms with Gasteiger partial charge in [0.1, 0.15) is 11.5 Å². The molecular weight excluding hydrogens is 478 g/mol. The number of amides is 1. The van der Waals surface area contributed by atoms with Gasteiger partial charge in [0.25, 0.3) is 11.7 Å². The van der Waals surface area contributed by atoms with E-state index in [1.165, 1.54) is 30.5 Å². The van der Waals surface area contributed by atoms with E-state index in [0.717, 1.165) is 10.4 Å². The number of carbonyl (C=O) groups excluding carboxylic acids is 2. The van der Waals surface area contributed by atoms with Crippen LogP contribution in [0.1, 0.15) is 41.5 Å². The van der Waals surface area contributed by atoms with Gasteiger partial charge in [0.15, 0.2) is 11.5 Å². The van der Waals surface area contributed by atoms with Crippen LogP contribution in [0.15, 0.2) is 59.5 Å². The van der Waals surface area contributed by atoms with Crippen molar-refractivity contribution in [3.63, 3.8) is 0 Å². The van der Waals surface area contributed by atoms with Crippen molar-refractivity contribution in [2.24, 2.45) is 0 Å². The first-order valence-electron chi connectivity index (χ1n) is 11.6. The molecule has 0 saturated carbocycles. The molecule has 0 spiro atoms. The normalized spacial score (nSPS) is 17.1. The zero-order valence-electron chi connectivity index (χ0n) is 20.9. The average Bonchev–Trinajstić information content (AvgIpc) is 3.46. The van der Waals surface area contributed by atoms with Gasteiger partial charge in [-0.2, -0.15) is 0 Å². The van der Waals surface area contributed by atoms with Gasteiger partial charge in [-0.15, -0.1) is 11.3 Å². The third kappa shape index (κ3) is 4.68. The first-order valence-corrected chi connectivity index (χ1v) is 12.4. The number of hydrogen-bond acceptors (Lipinski definition) is 7. The Labute approximate surface area is 214 Å². The van der Waals surface area contributed by atoms with E-state index in [1.807, 2.05) is 38.3 Å². The smallest absolute Gasteiger partial charge is 0.295 e. The molecule has 1 amide bonds. The zero-order valence-corrected chi connectivity index (χ0v) is 21.7. The van der Waals surface area contributed by atoms with Crippen molar-refractivity contribution in [3.8, 4) is 17.2 Å². The van der Waals surface area contributed by atoms with Crippen LogP contribution in [-0.2, 0) is 16.1 Å². The summed E-state index contributed by atoms with van der Waals surface area (Å²) < 4.78 is 16.9. The molecular formula is C28H29NO6S. The monoisotopic (exact) mass is 507 g/mol. The molecule has 1 aliphatic heterocycles. The molecule has 4 rings (SSSR count). The number of likely N-dealkylation sites (tertiary alicyclic amines) is 1. The summed E-state index contributed by atoms with van der Waals surface area (Å²) in [6.07, 6.45) is -0.00810. The van der Waals surface area contributed by atoms with Gasteiger partial charge in [-0.05, 0) is 62.0 Å². The number of aliphatic hydroxyl groups is 1. The fraction of sp³-hybridized carbons (Fsp3) is 0.286. The third-order valence-corrected chi connectivity index (χ3v) is 6.85. The number of aliphatic hydroxyl groups excluding tert-OH is 1. The topological polar surface area (TPSA) is 85.3 Å². The molecule has 8 heteroatoms. The highest BCUT2D eigenvalue weighted by atomic mass is 32.1. The van der Waals surface area contributed by atoms with Gasteiger partial charge in [-0.25, -0.2) is 0 Å². The van der Waals surface area contributed by atoms with E-state index in [1.54, 1.807) is 36.4 Å². The van der Waals surface area contributed by atoms with E-state index < -0.39 is 17.7 Å². The summed E-state index contributed by atoms with van der Waals surface area (Å²) in [7, 11) is 3.03. The molecule has 36 heavy (non-hydrogen) atoms. The molecule has 0 radical (unpaired) electrons. The van der Waals surface area contributed by atoms with Crippen LogP contribution in [0.5, 0.6) is 17.2 Å². The molecule has 2 aromatic carbocycles. The minimum atomic E-state index is -0.871. The van der Waals surface area contributed by atoms with E-state index >= 15 is 0 Å². The Morgan fingerprint density at radius 3 is 2.44 bits per heavy atom. The van der Waals surface area contributed by atoms with Gasteiger partial charge in [-0.3, -0.25) is 9.59 Å². The fourth-order valence-corrected chi connectivity index (χ4v) is 5.11. The van der Waals surface area contributed by atoms with Gasteiger partial charge >= 0.3 is 0 Å². The second-order valence-corrected chi connectivity index (χ2v) is 9.77. The molecule has 1 saturated heterocycles. The Morgan fingerprint density at radius 1 is 1.06 bits per heavy atom. The number of aryl methyl sites for hydroxylation is 1. The first-order chi connectivity index (χ1) is 17.3. The van der Waals surface area contributed by atoms with Crippen molar-refractivity contribution in [3.05, 3.63) is 81.1 Å². The minimum Gasteiger partial charge on any atom is -0.507 e. The number of thiophene rings is 1. The minimum absolute atomic E-state index is 0.0000344. The van der Waals surface area contributed by atoms with Gasteiger partial charge < -0.3 is 24.2 Å². The number of rotatable bonds is 8. The predicted octanol–water partition coefficient (Wildman–Crippen LogP) is 5.48. The zero-order chi connectivity index (χ0) is 26.0. The number of methoxy groups -OCH3 is 2. The molecule has 0 bridgehead atoms. The highest BCUT2D eigenvalue weighted by molar-refractivity contribution is 7.09. The maximum Gasteiger partial charge on any atom is 0.295 e. The van der Waals surface area contributed by atoms with Crippen LogP contribution in [0.25, 0.3) is 5.76 Å². The molecule has 1 fully saturated rings. The molecule has 1 aliphatic rings. The Hall–Kier alpha value is -3.78. The third-order valence-electron chi connectivity index (χ3n) is 5.99. The van der Waals surface area contributed by atoms with Gasteiger partial charge in [0.2, 0.25) is 0 Å². The maximum atomic E-state index is 13.4. The van der Waals surface area contributed by atoms with Crippen molar-refractivity contribution in [1.29, 1.82) is 0 Å². The summed E-state index contributed by atoms with van der Waals surface area (Å²) >= 11 is 1.49. The quantitative estimate of drug-likeness (QED) is 0.247. The summed E-state index contributed by atoms with van der Waals surface area (Å²) in [5.41, 5.74) is 1.77. The van der Waals surface area contributed by atoms with E-state index in [0.29, 0.717) is 28.4 Å². The van der Waals surface area contributed by atoms with E-state index in [4.69, 9.17) is 14.2 Å². The highest BCUT2D eigenvalue weighted by Crippen LogP contribution is 2.46. The van der Waals surface area contributed by atoms with Gasteiger partial charge in [0.05, 0.1) is 38.5 Å². The van der Waals surface area contributed by atoms with Crippen LogP contribution < -0.4 is 14.2 Å². The molecule has 1 N–H and O–H groups in total. The van der Waals surface area contributed by atoms with Crippen LogP contribution in [0.2, 0.25) is 0 Å². The Morgan fingerprint density at radius 2 is 1.83 bits per heavy atom. The number of nitrogens with zero attached hydrogens (tertiary/aromatic N) is 1. The van der Waals surface area contributed by atoms with Crippen LogP contribution in [-0.4, -0.2) is 42.0 Å². The summed E-state index contributed by atoms with van der Waals surface area (Å²) in [5, 5.41) is 13.4. The Kier molecular flexibility index (Phi) is 7.35. The predicted molar refractivity (Wildman–Crippen MR) is 139 cm³/mol. The number of ketones is 1. The molecule has 188 valence electrons. The molecule has 2 heterocycles.